The molecule has 1 aliphatic rings. The van der Waals surface area contributed by atoms with Gasteiger partial charge in [-0.05, 0) is 12.5 Å². The fourth-order valence-corrected chi connectivity index (χ4v) is 4.80. The molecule has 4 heterocycles. The number of fused-ring (bicyclic) bond motifs is 1. The molecule has 0 spiro atoms. The second-order valence-corrected chi connectivity index (χ2v) is 11.5. The van der Waals surface area contributed by atoms with Gasteiger partial charge < -0.3 is 19.4 Å². The Morgan fingerprint density at radius 2 is 1.92 bits per heavy atom. The highest BCUT2D eigenvalue weighted by atomic mass is 32.2. The number of amides is 1. The molecule has 1 aromatic carbocycles. The van der Waals surface area contributed by atoms with E-state index in [-0.39, 0.29) is 18.1 Å². The van der Waals surface area contributed by atoms with Gasteiger partial charge in [0, 0.05) is 51.6 Å². The van der Waals surface area contributed by atoms with Crippen molar-refractivity contribution in [1.82, 2.24) is 29.4 Å². The lowest BCUT2D eigenvalue weighted by molar-refractivity contribution is 0.0930. The number of aromatic nitrogens is 4. The van der Waals surface area contributed by atoms with Gasteiger partial charge in [-0.25, -0.2) is 22.4 Å². The molecule has 0 saturated carbocycles. The van der Waals surface area contributed by atoms with Crippen molar-refractivity contribution in [2.75, 3.05) is 57.6 Å². The van der Waals surface area contributed by atoms with Crippen molar-refractivity contribution < 1.29 is 22.4 Å². The van der Waals surface area contributed by atoms with E-state index in [4.69, 9.17) is 14.1 Å². The number of furan rings is 1. The highest BCUT2D eigenvalue weighted by Crippen LogP contribution is 2.29. The molecular weight excluding hydrogens is 510 g/mol. The van der Waals surface area contributed by atoms with E-state index in [9.17, 15) is 13.2 Å². The smallest absolute Gasteiger partial charge is 0.287 e. The molecule has 0 radical (unpaired) electrons. The van der Waals surface area contributed by atoms with Crippen molar-refractivity contribution in [3.8, 4) is 17.1 Å². The minimum absolute atomic E-state index is 0.0177. The van der Waals surface area contributed by atoms with Crippen molar-refractivity contribution >= 4 is 32.8 Å². The van der Waals surface area contributed by atoms with E-state index in [1.54, 1.807) is 10.9 Å². The quantitative estimate of drug-likeness (QED) is 0.356. The molecule has 12 nitrogen and oxygen atoms in total. The summed E-state index contributed by atoms with van der Waals surface area (Å²) in [4.78, 5) is 24.2. The predicted molar refractivity (Wildman–Crippen MR) is 142 cm³/mol. The number of aryl methyl sites for hydroxylation is 1. The van der Waals surface area contributed by atoms with Crippen LogP contribution in [0.2, 0.25) is 0 Å². The molecule has 5 rings (SSSR count). The summed E-state index contributed by atoms with van der Waals surface area (Å²) in [5.74, 6) is 0.131. The topological polar surface area (TPSA) is 136 Å². The Balaban J connectivity index is 1.47. The Kier molecular flexibility index (Phi) is 7.15. The third-order valence-electron chi connectivity index (χ3n) is 6.22. The third-order valence-corrected chi connectivity index (χ3v) is 8.05. The molecule has 13 heteroatoms. The number of sulfonamides is 1. The van der Waals surface area contributed by atoms with Gasteiger partial charge in [-0.3, -0.25) is 4.79 Å². The van der Waals surface area contributed by atoms with Crippen molar-refractivity contribution in [1.29, 1.82) is 0 Å². The first-order valence-electron chi connectivity index (χ1n) is 12.2. The first-order valence-corrected chi connectivity index (χ1v) is 13.8. The van der Waals surface area contributed by atoms with E-state index in [0.29, 0.717) is 49.2 Å². The van der Waals surface area contributed by atoms with Crippen LogP contribution in [0.5, 0.6) is 0 Å². The minimum atomic E-state index is -3.44. The number of hydrogen-bond donors (Lipinski definition) is 1. The van der Waals surface area contributed by atoms with Crippen molar-refractivity contribution in [3.63, 3.8) is 0 Å². The van der Waals surface area contributed by atoms with Gasteiger partial charge in [0.15, 0.2) is 17.2 Å². The number of carbonyl (C=O) groups excluding carboxylic acids is 1. The maximum atomic E-state index is 12.8. The third kappa shape index (κ3) is 5.39. The summed E-state index contributed by atoms with van der Waals surface area (Å²) in [6.07, 6.45) is 3.62. The lowest BCUT2D eigenvalue weighted by Gasteiger charge is -2.27. The van der Waals surface area contributed by atoms with Crippen LogP contribution in [0.25, 0.3) is 28.2 Å². The van der Waals surface area contributed by atoms with E-state index in [0.717, 1.165) is 21.0 Å². The molecule has 0 bridgehead atoms. The monoisotopic (exact) mass is 539 g/mol. The van der Waals surface area contributed by atoms with Crippen molar-refractivity contribution in [2.45, 2.75) is 6.92 Å². The Labute approximate surface area is 220 Å². The van der Waals surface area contributed by atoms with Gasteiger partial charge in [0.2, 0.25) is 10.0 Å². The molecule has 1 aliphatic heterocycles. The number of hydrogen-bond acceptors (Lipinski definition) is 9. The first kappa shape index (κ1) is 25.8. The molecule has 1 amide bonds. The second kappa shape index (κ2) is 10.5. The molecule has 0 aliphatic carbocycles. The number of anilines is 1. The first-order chi connectivity index (χ1) is 18.2. The SMILES string of the molecule is Cc1cccc(-c2cnn(-c3nc(N4CCOCC4)c4oc(C(=O)NCCS(=O)(=O)N(C)C)cc4n3)c2)c1. The van der Waals surface area contributed by atoms with Gasteiger partial charge in [-0.2, -0.15) is 10.1 Å². The normalized spacial score (nSPS) is 14.4. The van der Waals surface area contributed by atoms with Crippen molar-refractivity contribution in [2.24, 2.45) is 0 Å². The van der Waals surface area contributed by atoms with Crippen LogP contribution in [0, 0.1) is 6.92 Å². The van der Waals surface area contributed by atoms with E-state index < -0.39 is 15.9 Å². The molecule has 3 aromatic heterocycles. The maximum Gasteiger partial charge on any atom is 0.287 e. The zero-order chi connectivity index (χ0) is 26.9. The highest BCUT2D eigenvalue weighted by Gasteiger charge is 2.24. The van der Waals surface area contributed by atoms with Crippen LogP contribution in [0.1, 0.15) is 16.1 Å². The molecule has 0 atom stereocenters. The zero-order valence-electron chi connectivity index (χ0n) is 21.4. The fraction of sp³-hybridized carbons (Fsp3) is 0.360. The number of benzene rings is 1. The number of rotatable bonds is 8. The number of carbonyl (C=O) groups is 1. The number of nitrogens with one attached hydrogen (secondary N) is 1. The molecule has 1 fully saturated rings. The number of ether oxygens (including phenoxy) is 1. The van der Waals surface area contributed by atoms with Crippen molar-refractivity contribution in [3.05, 3.63) is 54.0 Å². The van der Waals surface area contributed by atoms with Gasteiger partial charge in [0.25, 0.3) is 11.9 Å². The Morgan fingerprint density at radius 3 is 2.66 bits per heavy atom. The van der Waals surface area contributed by atoms with Gasteiger partial charge in [-0.15, -0.1) is 0 Å². The molecular formula is C25H29N7O5S. The standard InChI is InChI=1S/C25H29N7O5S/c1-17-5-4-6-18(13-17)19-15-27-32(16-19)25-28-20-14-21(24(33)26-7-12-38(34,35)30(2)3)37-22(20)23(29-25)31-8-10-36-11-9-31/h4-6,13-16H,7-12H2,1-3H3,(H,26,33). The van der Waals surface area contributed by atoms with E-state index in [1.807, 2.05) is 36.2 Å². The Morgan fingerprint density at radius 1 is 1.13 bits per heavy atom. The molecule has 4 aromatic rings. The van der Waals surface area contributed by atoms with Gasteiger partial charge in [0.05, 0.1) is 25.2 Å². The zero-order valence-corrected chi connectivity index (χ0v) is 22.2. The van der Waals surface area contributed by atoms with Crippen LogP contribution in [-0.4, -0.2) is 91.1 Å². The van der Waals surface area contributed by atoms with Gasteiger partial charge in [-0.1, -0.05) is 29.8 Å². The minimum Gasteiger partial charge on any atom is -0.445 e. The second-order valence-electron chi connectivity index (χ2n) is 9.17. The summed E-state index contributed by atoms with van der Waals surface area (Å²) in [6.45, 7) is 4.25. The van der Waals surface area contributed by atoms with E-state index >= 15 is 0 Å². The van der Waals surface area contributed by atoms with Crippen LogP contribution in [-0.2, 0) is 14.8 Å². The van der Waals surface area contributed by atoms with Crippen LogP contribution >= 0.6 is 0 Å². The molecule has 200 valence electrons. The fourth-order valence-electron chi connectivity index (χ4n) is 4.08. The van der Waals surface area contributed by atoms with Crippen LogP contribution in [0.4, 0.5) is 5.82 Å². The molecule has 0 unspecified atom stereocenters. The predicted octanol–water partition coefficient (Wildman–Crippen LogP) is 1.84. The number of morpholine rings is 1. The lowest BCUT2D eigenvalue weighted by Crippen LogP contribution is -2.37. The summed E-state index contributed by atoms with van der Waals surface area (Å²) in [5.41, 5.74) is 3.91. The largest absolute Gasteiger partial charge is 0.445 e. The maximum absolute atomic E-state index is 12.8. The average Bonchev–Trinajstić information content (AvgIpc) is 3.56. The Bertz CT molecular complexity index is 1570. The summed E-state index contributed by atoms with van der Waals surface area (Å²) in [5, 5.41) is 7.09. The van der Waals surface area contributed by atoms with E-state index in [1.165, 1.54) is 20.2 Å². The number of nitrogens with zero attached hydrogens (tertiary/aromatic N) is 6. The summed E-state index contributed by atoms with van der Waals surface area (Å²) in [7, 11) is -0.546. The molecule has 1 saturated heterocycles. The summed E-state index contributed by atoms with van der Waals surface area (Å²) in [6, 6.07) is 9.66. The van der Waals surface area contributed by atoms with Gasteiger partial charge >= 0.3 is 0 Å². The summed E-state index contributed by atoms with van der Waals surface area (Å²) < 4.78 is 38.1. The van der Waals surface area contributed by atoms with Crippen LogP contribution < -0.4 is 10.2 Å². The van der Waals surface area contributed by atoms with Gasteiger partial charge in [0.1, 0.15) is 5.52 Å². The Hall–Kier alpha value is -3.81. The van der Waals surface area contributed by atoms with E-state index in [2.05, 4.69) is 21.5 Å². The summed E-state index contributed by atoms with van der Waals surface area (Å²) >= 11 is 0. The van der Waals surface area contributed by atoms with Crippen LogP contribution in [0.15, 0.2) is 47.1 Å². The van der Waals surface area contributed by atoms with Crippen LogP contribution in [0.3, 0.4) is 0 Å². The average molecular weight is 540 g/mol. The highest BCUT2D eigenvalue weighted by molar-refractivity contribution is 7.89. The molecule has 1 N–H and O–H groups in total. The molecule has 38 heavy (non-hydrogen) atoms. The lowest BCUT2D eigenvalue weighted by atomic mass is 10.1.